The van der Waals surface area contributed by atoms with Crippen LogP contribution in [-0.4, -0.2) is 9.97 Å². The molecular formula is C17H19N3. The molecule has 2 heterocycles. The predicted molar refractivity (Wildman–Crippen MR) is 83.9 cm³/mol. The molecule has 20 heavy (non-hydrogen) atoms. The second kappa shape index (κ2) is 5.34. The molecule has 0 unspecified atom stereocenters. The van der Waals surface area contributed by atoms with Crippen LogP contribution in [0.5, 0.6) is 0 Å². The molecule has 0 amide bonds. The van der Waals surface area contributed by atoms with Crippen LogP contribution in [0.15, 0.2) is 18.3 Å². The SMILES string of the molecule is CC.Cc1cnc2[nH]c3c(C)c(C#N)cc(C)c3c2c1. The fraction of sp³-hybridized carbons (Fsp3) is 0.294. The molecule has 3 rings (SSSR count). The van der Waals surface area contributed by atoms with E-state index < -0.39 is 0 Å². The highest BCUT2D eigenvalue weighted by atomic mass is 14.8. The third-order valence-electron chi connectivity index (χ3n) is 3.44. The summed E-state index contributed by atoms with van der Waals surface area (Å²) in [5, 5.41) is 11.5. The molecule has 2 aromatic heterocycles. The Morgan fingerprint density at radius 1 is 1.15 bits per heavy atom. The molecule has 0 bridgehead atoms. The van der Waals surface area contributed by atoms with Gasteiger partial charge in [-0.2, -0.15) is 5.26 Å². The lowest BCUT2D eigenvalue weighted by atomic mass is 10.00. The molecule has 0 atom stereocenters. The fourth-order valence-electron chi connectivity index (χ4n) is 2.51. The number of nitrogens with one attached hydrogen (secondary N) is 1. The molecule has 0 aliphatic heterocycles. The van der Waals surface area contributed by atoms with Crippen molar-refractivity contribution in [1.82, 2.24) is 9.97 Å². The topological polar surface area (TPSA) is 52.5 Å². The van der Waals surface area contributed by atoms with Gasteiger partial charge in [-0.25, -0.2) is 4.98 Å². The summed E-state index contributed by atoms with van der Waals surface area (Å²) in [5.41, 5.74) is 5.89. The quantitative estimate of drug-likeness (QED) is 0.648. The fourth-order valence-corrected chi connectivity index (χ4v) is 2.51. The van der Waals surface area contributed by atoms with Gasteiger partial charge >= 0.3 is 0 Å². The first-order valence-corrected chi connectivity index (χ1v) is 6.90. The third kappa shape index (κ3) is 2.04. The normalized spacial score (nSPS) is 10.2. The highest BCUT2D eigenvalue weighted by Gasteiger charge is 2.12. The molecule has 0 fully saturated rings. The Hall–Kier alpha value is -2.34. The molecule has 0 aliphatic rings. The first kappa shape index (κ1) is 14.1. The van der Waals surface area contributed by atoms with Gasteiger partial charge in [0.2, 0.25) is 0 Å². The Morgan fingerprint density at radius 2 is 1.85 bits per heavy atom. The molecule has 1 aromatic carbocycles. The number of hydrogen-bond donors (Lipinski definition) is 1. The molecule has 0 radical (unpaired) electrons. The number of hydrogen-bond acceptors (Lipinski definition) is 2. The number of aromatic nitrogens is 2. The van der Waals surface area contributed by atoms with Gasteiger partial charge in [0.25, 0.3) is 0 Å². The predicted octanol–water partition coefficient (Wildman–Crippen LogP) is 4.54. The van der Waals surface area contributed by atoms with Crippen molar-refractivity contribution in [1.29, 1.82) is 5.26 Å². The highest BCUT2D eigenvalue weighted by Crippen LogP contribution is 2.31. The summed E-state index contributed by atoms with van der Waals surface area (Å²) in [7, 11) is 0. The number of fused-ring (bicyclic) bond motifs is 3. The summed E-state index contributed by atoms with van der Waals surface area (Å²) in [5.74, 6) is 0. The zero-order valence-corrected chi connectivity index (χ0v) is 12.6. The summed E-state index contributed by atoms with van der Waals surface area (Å²) in [4.78, 5) is 7.74. The van der Waals surface area contributed by atoms with Gasteiger partial charge in [0.1, 0.15) is 5.65 Å². The Kier molecular flexibility index (Phi) is 3.76. The number of H-pyrrole nitrogens is 1. The van der Waals surface area contributed by atoms with Crippen LogP contribution >= 0.6 is 0 Å². The Balaban J connectivity index is 0.000000704. The Morgan fingerprint density at radius 3 is 2.50 bits per heavy atom. The highest BCUT2D eigenvalue weighted by molar-refractivity contribution is 6.09. The van der Waals surface area contributed by atoms with Gasteiger partial charge in [-0.15, -0.1) is 0 Å². The van der Waals surface area contributed by atoms with E-state index in [1.165, 1.54) is 5.39 Å². The summed E-state index contributed by atoms with van der Waals surface area (Å²) in [6.45, 7) is 10.1. The van der Waals surface area contributed by atoms with Gasteiger partial charge in [-0.05, 0) is 49.6 Å². The number of nitrogens with zero attached hydrogens (tertiary/aromatic N) is 2. The lowest BCUT2D eigenvalue weighted by molar-refractivity contribution is 1.29. The van der Waals surface area contributed by atoms with Crippen molar-refractivity contribution in [2.75, 3.05) is 0 Å². The Labute approximate surface area is 119 Å². The molecule has 0 saturated carbocycles. The van der Waals surface area contributed by atoms with Gasteiger partial charge < -0.3 is 4.98 Å². The second-order valence-corrected chi connectivity index (χ2v) is 4.76. The van der Waals surface area contributed by atoms with Crippen LogP contribution in [0, 0.1) is 32.1 Å². The largest absolute Gasteiger partial charge is 0.339 e. The van der Waals surface area contributed by atoms with Gasteiger partial charge in [0.05, 0.1) is 17.1 Å². The minimum absolute atomic E-state index is 0.725. The maximum Gasteiger partial charge on any atom is 0.138 e. The minimum atomic E-state index is 0.725. The molecule has 3 heteroatoms. The third-order valence-corrected chi connectivity index (χ3v) is 3.44. The number of benzene rings is 1. The number of rotatable bonds is 0. The van der Waals surface area contributed by atoms with E-state index >= 15 is 0 Å². The average Bonchev–Trinajstić information content (AvgIpc) is 2.84. The first-order chi connectivity index (χ1) is 9.61. The molecule has 3 nitrogen and oxygen atoms in total. The molecule has 0 saturated heterocycles. The standard InChI is InChI=1S/C15H13N3.C2H6/c1-8-4-12-13-9(2)5-11(6-16)10(3)14(13)18-15(12)17-7-8;1-2/h4-5,7H,1-3H3,(H,17,18);1-2H3. The monoisotopic (exact) mass is 265 g/mol. The van der Waals surface area contributed by atoms with Crippen LogP contribution in [0.3, 0.4) is 0 Å². The summed E-state index contributed by atoms with van der Waals surface area (Å²) < 4.78 is 0. The minimum Gasteiger partial charge on any atom is -0.339 e. The summed E-state index contributed by atoms with van der Waals surface area (Å²) in [6.07, 6.45) is 1.85. The molecule has 3 aromatic rings. The van der Waals surface area contributed by atoms with Gasteiger partial charge in [0, 0.05) is 17.0 Å². The lowest BCUT2D eigenvalue weighted by Gasteiger charge is -2.03. The molecule has 0 aliphatic carbocycles. The number of pyridine rings is 1. The van der Waals surface area contributed by atoms with E-state index in [9.17, 15) is 0 Å². The zero-order valence-electron chi connectivity index (χ0n) is 12.6. The van der Waals surface area contributed by atoms with Gasteiger partial charge in [-0.1, -0.05) is 13.8 Å². The van der Waals surface area contributed by atoms with E-state index in [1.807, 2.05) is 46.9 Å². The zero-order chi connectivity index (χ0) is 14.9. The average molecular weight is 265 g/mol. The summed E-state index contributed by atoms with van der Waals surface area (Å²) in [6, 6.07) is 6.33. The maximum atomic E-state index is 9.14. The number of nitriles is 1. The van der Waals surface area contributed by atoms with Gasteiger partial charge in [-0.3, -0.25) is 0 Å². The van der Waals surface area contributed by atoms with Gasteiger partial charge in [0.15, 0.2) is 0 Å². The van der Waals surface area contributed by atoms with E-state index in [0.29, 0.717) is 0 Å². The number of aromatic amines is 1. The first-order valence-electron chi connectivity index (χ1n) is 6.90. The van der Waals surface area contributed by atoms with Crippen LogP contribution in [0.4, 0.5) is 0 Å². The van der Waals surface area contributed by atoms with Crippen molar-refractivity contribution in [3.8, 4) is 6.07 Å². The van der Waals surface area contributed by atoms with Crippen molar-refractivity contribution >= 4 is 21.9 Å². The number of aryl methyl sites for hydroxylation is 3. The van der Waals surface area contributed by atoms with E-state index in [4.69, 9.17) is 5.26 Å². The van der Waals surface area contributed by atoms with Crippen molar-refractivity contribution in [2.24, 2.45) is 0 Å². The van der Waals surface area contributed by atoms with Crippen molar-refractivity contribution < 1.29 is 0 Å². The second-order valence-electron chi connectivity index (χ2n) is 4.76. The van der Waals surface area contributed by atoms with E-state index in [-0.39, 0.29) is 0 Å². The van der Waals surface area contributed by atoms with Crippen LogP contribution < -0.4 is 0 Å². The lowest BCUT2D eigenvalue weighted by Crippen LogP contribution is -1.87. The molecule has 1 N–H and O–H groups in total. The van der Waals surface area contributed by atoms with Crippen LogP contribution in [0.1, 0.15) is 36.1 Å². The molecule has 102 valence electrons. The Bertz CT molecular complexity index is 820. The van der Waals surface area contributed by atoms with Crippen molar-refractivity contribution in [3.05, 3.63) is 40.6 Å². The smallest absolute Gasteiger partial charge is 0.138 e. The van der Waals surface area contributed by atoms with E-state index in [1.54, 1.807) is 0 Å². The van der Waals surface area contributed by atoms with Crippen LogP contribution in [0.25, 0.3) is 21.9 Å². The maximum absolute atomic E-state index is 9.14. The van der Waals surface area contributed by atoms with E-state index in [0.717, 1.165) is 38.8 Å². The summed E-state index contributed by atoms with van der Waals surface area (Å²) >= 11 is 0. The van der Waals surface area contributed by atoms with Crippen LogP contribution in [-0.2, 0) is 0 Å². The van der Waals surface area contributed by atoms with Crippen molar-refractivity contribution in [2.45, 2.75) is 34.6 Å². The van der Waals surface area contributed by atoms with Crippen molar-refractivity contribution in [3.63, 3.8) is 0 Å². The van der Waals surface area contributed by atoms with Crippen LogP contribution in [0.2, 0.25) is 0 Å². The van der Waals surface area contributed by atoms with E-state index in [2.05, 4.69) is 22.1 Å². The molecule has 0 spiro atoms. The molecular weight excluding hydrogens is 246 g/mol.